The summed E-state index contributed by atoms with van der Waals surface area (Å²) in [6, 6.07) is 1.47. The smallest absolute Gasteiger partial charge is 0.317 e. The molecule has 1 fully saturated rings. The minimum atomic E-state index is -0.851. The van der Waals surface area contributed by atoms with Gasteiger partial charge in [-0.1, -0.05) is 5.16 Å². The molecule has 0 saturated carbocycles. The number of carbonyl (C=O) groups is 2. The molecule has 1 aromatic rings. The van der Waals surface area contributed by atoms with Crippen LogP contribution in [-0.2, 0) is 11.3 Å². The van der Waals surface area contributed by atoms with Crippen LogP contribution >= 0.6 is 0 Å². The van der Waals surface area contributed by atoms with Gasteiger partial charge in [0.2, 0.25) is 0 Å². The van der Waals surface area contributed by atoms with E-state index < -0.39 is 11.9 Å². The van der Waals surface area contributed by atoms with Gasteiger partial charge in [0.1, 0.15) is 0 Å². The first-order valence-electron chi connectivity index (χ1n) is 5.74. The van der Waals surface area contributed by atoms with E-state index in [1.165, 1.54) is 4.90 Å². The SMILES string of the molecule is Cc1cc(CNC(=O)N2CCC(C(=O)O)C2)on1. The summed E-state index contributed by atoms with van der Waals surface area (Å²) < 4.78 is 4.96. The van der Waals surface area contributed by atoms with Crippen molar-refractivity contribution < 1.29 is 19.2 Å². The van der Waals surface area contributed by atoms with Gasteiger partial charge >= 0.3 is 12.0 Å². The lowest BCUT2D eigenvalue weighted by Gasteiger charge is -2.15. The van der Waals surface area contributed by atoms with E-state index in [0.29, 0.717) is 18.7 Å². The Balaban J connectivity index is 1.80. The average Bonchev–Trinajstić information content (AvgIpc) is 2.94. The lowest BCUT2D eigenvalue weighted by atomic mass is 10.1. The first kappa shape index (κ1) is 12.4. The number of aryl methyl sites for hydroxylation is 1. The monoisotopic (exact) mass is 253 g/mol. The Morgan fingerprint density at radius 3 is 3.00 bits per heavy atom. The van der Waals surface area contributed by atoms with Crippen LogP contribution in [0.5, 0.6) is 0 Å². The predicted molar refractivity (Wildman–Crippen MR) is 60.8 cm³/mol. The van der Waals surface area contributed by atoms with Gasteiger partial charge in [0, 0.05) is 19.2 Å². The highest BCUT2D eigenvalue weighted by Gasteiger charge is 2.30. The van der Waals surface area contributed by atoms with Crippen molar-refractivity contribution >= 4 is 12.0 Å². The van der Waals surface area contributed by atoms with Gasteiger partial charge < -0.3 is 19.8 Å². The van der Waals surface area contributed by atoms with Crippen LogP contribution in [0.2, 0.25) is 0 Å². The zero-order valence-corrected chi connectivity index (χ0v) is 10.0. The quantitative estimate of drug-likeness (QED) is 0.822. The maximum Gasteiger partial charge on any atom is 0.317 e. The van der Waals surface area contributed by atoms with Crippen LogP contribution in [0.4, 0.5) is 4.79 Å². The van der Waals surface area contributed by atoms with E-state index >= 15 is 0 Å². The fourth-order valence-electron chi connectivity index (χ4n) is 1.92. The number of carbonyl (C=O) groups excluding carboxylic acids is 1. The molecule has 7 nitrogen and oxygen atoms in total. The van der Waals surface area contributed by atoms with E-state index in [1.807, 2.05) is 0 Å². The molecule has 2 rings (SSSR count). The third-order valence-corrected chi connectivity index (χ3v) is 2.92. The Bertz CT molecular complexity index is 457. The van der Waals surface area contributed by atoms with Crippen LogP contribution in [0.25, 0.3) is 0 Å². The Morgan fingerprint density at radius 2 is 2.44 bits per heavy atom. The average molecular weight is 253 g/mol. The zero-order valence-electron chi connectivity index (χ0n) is 10.0. The van der Waals surface area contributed by atoms with Gasteiger partial charge in [-0.2, -0.15) is 0 Å². The molecule has 1 aliphatic heterocycles. The van der Waals surface area contributed by atoms with Gasteiger partial charge in [-0.05, 0) is 13.3 Å². The fraction of sp³-hybridized carbons (Fsp3) is 0.545. The first-order valence-corrected chi connectivity index (χ1v) is 5.74. The van der Waals surface area contributed by atoms with E-state index in [9.17, 15) is 9.59 Å². The Hall–Kier alpha value is -2.05. The van der Waals surface area contributed by atoms with Crippen molar-refractivity contribution in [2.24, 2.45) is 5.92 Å². The normalized spacial score (nSPS) is 18.9. The summed E-state index contributed by atoms with van der Waals surface area (Å²) in [4.78, 5) is 24.0. The Morgan fingerprint density at radius 1 is 1.67 bits per heavy atom. The lowest BCUT2D eigenvalue weighted by Crippen LogP contribution is -2.38. The van der Waals surface area contributed by atoms with Gasteiger partial charge in [-0.25, -0.2) is 4.79 Å². The predicted octanol–water partition coefficient (Wildman–Crippen LogP) is 0.599. The first-order chi connectivity index (χ1) is 8.56. The van der Waals surface area contributed by atoms with Crippen LogP contribution < -0.4 is 5.32 Å². The lowest BCUT2D eigenvalue weighted by molar-refractivity contribution is -0.141. The molecule has 7 heteroatoms. The third-order valence-electron chi connectivity index (χ3n) is 2.92. The van der Waals surface area contributed by atoms with E-state index in [4.69, 9.17) is 9.63 Å². The molecule has 1 aliphatic rings. The standard InChI is InChI=1S/C11H15N3O4/c1-7-4-9(18-13-7)5-12-11(17)14-3-2-8(6-14)10(15)16/h4,8H,2-3,5-6H2,1H3,(H,12,17)(H,15,16). The van der Waals surface area contributed by atoms with Gasteiger partial charge in [0.25, 0.3) is 0 Å². The van der Waals surface area contributed by atoms with Crippen molar-refractivity contribution in [3.05, 3.63) is 17.5 Å². The van der Waals surface area contributed by atoms with Crippen molar-refractivity contribution in [3.8, 4) is 0 Å². The highest BCUT2D eigenvalue weighted by atomic mass is 16.5. The number of aromatic nitrogens is 1. The maximum absolute atomic E-state index is 11.8. The summed E-state index contributed by atoms with van der Waals surface area (Å²) in [5, 5.41) is 15.2. The number of urea groups is 1. The van der Waals surface area contributed by atoms with Crippen LogP contribution in [0.15, 0.2) is 10.6 Å². The third kappa shape index (κ3) is 2.79. The molecule has 0 aliphatic carbocycles. The number of amides is 2. The van der Waals surface area contributed by atoms with E-state index in [-0.39, 0.29) is 19.1 Å². The minimum absolute atomic E-state index is 0.258. The molecule has 1 unspecified atom stereocenters. The summed E-state index contributed by atoms with van der Waals surface area (Å²) in [6.45, 7) is 2.79. The second-order valence-electron chi connectivity index (χ2n) is 4.36. The molecule has 1 aromatic heterocycles. The Labute approximate surface area is 104 Å². The van der Waals surface area contributed by atoms with Gasteiger partial charge in [-0.3, -0.25) is 4.79 Å². The number of carboxylic acid groups (broad SMARTS) is 1. The van der Waals surface area contributed by atoms with Crippen molar-refractivity contribution in [1.82, 2.24) is 15.4 Å². The largest absolute Gasteiger partial charge is 0.481 e. The van der Waals surface area contributed by atoms with E-state index in [1.54, 1.807) is 13.0 Å². The second kappa shape index (κ2) is 5.07. The van der Waals surface area contributed by atoms with Crippen LogP contribution in [-0.4, -0.2) is 40.3 Å². The summed E-state index contributed by atoms with van der Waals surface area (Å²) >= 11 is 0. The molecule has 0 radical (unpaired) electrons. The summed E-state index contributed by atoms with van der Waals surface area (Å²) in [5.74, 6) is -0.728. The molecule has 0 bridgehead atoms. The maximum atomic E-state index is 11.8. The summed E-state index contributed by atoms with van der Waals surface area (Å²) in [5.41, 5.74) is 0.756. The number of nitrogens with one attached hydrogen (secondary N) is 1. The Kier molecular flexibility index (Phi) is 3.50. The van der Waals surface area contributed by atoms with E-state index in [0.717, 1.165) is 5.69 Å². The number of hydrogen-bond acceptors (Lipinski definition) is 4. The molecule has 0 spiro atoms. The van der Waals surface area contributed by atoms with Gasteiger partial charge in [0.05, 0.1) is 18.2 Å². The van der Waals surface area contributed by atoms with Gasteiger partial charge in [-0.15, -0.1) is 0 Å². The number of aliphatic carboxylic acids is 1. The molecular formula is C11H15N3O4. The molecule has 98 valence electrons. The molecule has 1 saturated heterocycles. The van der Waals surface area contributed by atoms with Crippen molar-refractivity contribution in [3.63, 3.8) is 0 Å². The number of hydrogen-bond donors (Lipinski definition) is 2. The minimum Gasteiger partial charge on any atom is -0.481 e. The van der Waals surface area contributed by atoms with Crippen molar-refractivity contribution in [2.45, 2.75) is 19.9 Å². The molecule has 0 aromatic carbocycles. The van der Waals surface area contributed by atoms with Gasteiger partial charge in [0.15, 0.2) is 5.76 Å². The molecule has 2 heterocycles. The summed E-state index contributed by atoms with van der Waals surface area (Å²) in [6.07, 6.45) is 0.504. The number of nitrogens with zero attached hydrogens (tertiary/aromatic N) is 2. The number of carboxylic acids is 1. The molecule has 2 N–H and O–H groups in total. The van der Waals surface area contributed by atoms with Crippen LogP contribution in [0.3, 0.4) is 0 Å². The van der Waals surface area contributed by atoms with Crippen LogP contribution in [0.1, 0.15) is 17.9 Å². The van der Waals surface area contributed by atoms with Crippen LogP contribution in [0, 0.1) is 12.8 Å². The second-order valence-corrected chi connectivity index (χ2v) is 4.36. The molecule has 18 heavy (non-hydrogen) atoms. The number of likely N-dealkylation sites (tertiary alicyclic amines) is 1. The molecule has 2 amide bonds. The topological polar surface area (TPSA) is 95.7 Å². The number of rotatable bonds is 3. The summed E-state index contributed by atoms with van der Waals surface area (Å²) in [7, 11) is 0. The molecular weight excluding hydrogens is 238 g/mol. The van der Waals surface area contributed by atoms with E-state index in [2.05, 4.69) is 10.5 Å². The highest BCUT2D eigenvalue weighted by molar-refractivity contribution is 5.77. The highest BCUT2D eigenvalue weighted by Crippen LogP contribution is 2.16. The fourth-order valence-corrected chi connectivity index (χ4v) is 1.92. The van der Waals surface area contributed by atoms with Crippen molar-refractivity contribution in [1.29, 1.82) is 0 Å². The zero-order chi connectivity index (χ0) is 13.1. The van der Waals surface area contributed by atoms with Crippen molar-refractivity contribution in [2.75, 3.05) is 13.1 Å². The molecule has 1 atom stereocenters.